The third kappa shape index (κ3) is 4.43. The Morgan fingerprint density at radius 3 is 2.65 bits per heavy atom. The molecule has 0 radical (unpaired) electrons. The molecule has 0 saturated carbocycles. The molecule has 3 N–H and O–H groups in total. The molecule has 0 spiro atoms. The molecule has 0 bridgehead atoms. The molecule has 0 aliphatic heterocycles. The van der Waals surface area contributed by atoms with Crippen molar-refractivity contribution in [2.45, 2.75) is 24.5 Å². The first kappa shape index (κ1) is 18.0. The van der Waals surface area contributed by atoms with Gasteiger partial charge in [-0.2, -0.15) is 15.0 Å². The lowest BCUT2D eigenvalue weighted by molar-refractivity contribution is 0.417. The molecule has 6 nitrogen and oxygen atoms in total. The van der Waals surface area contributed by atoms with Gasteiger partial charge >= 0.3 is 0 Å². The van der Waals surface area contributed by atoms with E-state index in [0.29, 0.717) is 23.3 Å². The molecular weight excluding hydrogens is 346 g/mol. The van der Waals surface area contributed by atoms with E-state index in [-0.39, 0.29) is 5.95 Å². The second-order valence-electron chi connectivity index (χ2n) is 5.82. The van der Waals surface area contributed by atoms with Crippen LogP contribution >= 0.6 is 11.8 Å². The van der Waals surface area contributed by atoms with E-state index in [1.165, 1.54) is 16.0 Å². The number of benzene rings is 2. The van der Waals surface area contributed by atoms with Gasteiger partial charge in [-0.1, -0.05) is 29.8 Å². The zero-order chi connectivity index (χ0) is 18.5. The number of hydrogen-bond acceptors (Lipinski definition) is 7. The van der Waals surface area contributed by atoms with Gasteiger partial charge in [0.05, 0.1) is 18.6 Å². The average molecular weight is 367 g/mol. The molecule has 2 aromatic carbocycles. The summed E-state index contributed by atoms with van der Waals surface area (Å²) in [4.78, 5) is 14.1. The number of nitrogens with one attached hydrogen (secondary N) is 1. The lowest BCUT2D eigenvalue weighted by Gasteiger charge is -2.11. The lowest BCUT2D eigenvalue weighted by atomic mass is 10.2. The molecule has 0 fully saturated rings. The summed E-state index contributed by atoms with van der Waals surface area (Å²) in [5, 5.41) is 3.15. The largest absolute Gasteiger partial charge is 0.495 e. The number of aryl methyl sites for hydroxylation is 2. The highest BCUT2D eigenvalue weighted by Crippen LogP contribution is 2.28. The first-order valence-electron chi connectivity index (χ1n) is 8.15. The molecular formula is C19H21N5OS. The fourth-order valence-electron chi connectivity index (χ4n) is 2.53. The van der Waals surface area contributed by atoms with E-state index in [1.807, 2.05) is 24.3 Å². The number of thioether (sulfide) groups is 1. The number of hydrogen-bond donors (Lipinski definition) is 2. The second kappa shape index (κ2) is 8.05. The Morgan fingerprint density at radius 1 is 1.08 bits per heavy atom. The standard InChI is InChI=1S/C19H21N5OS/c1-12-8-9-16(13(2)10-12)26-11-17-22-18(20)24-19(23-17)21-14-6-4-5-7-15(14)25-3/h4-10H,11H2,1-3H3,(H3,20,21,22,23,24). The monoisotopic (exact) mass is 367 g/mol. The van der Waals surface area contributed by atoms with Crippen LogP contribution in [0.2, 0.25) is 0 Å². The number of anilines is 3. The zero-order valence-corrected chi connectivity index (χ0v) is 15.8. The number of nitrogen functional groups attached to an aromatic ring is 1. The van der Waals surface area contributed by atoms with E-state index in [9.17, 15) is 0 Å². The first-order valence-corrected chi connectivity index (χ1v) is 9.14. The van der Waals surface area contributed by atoms with Gasteiger partial charge in [0.15, 0.2) is 0 Å². The maximum atomic E-state index is 5.86. The van der Waals surface area contributed by atoms with Crippen LogP contribution in [0, 0.1) is 13.8 Å². The zero-order valence-electron chi connectivity index (χ0n) is 15.0. The SMILES string of the molecule is COc1ccccc1Nc1nc(N)nc(CSc2ccc(C)cc2C)n1. The Kier molecular flexibility index (Phi) is 5.58. The molecule has 0 aliphatic carbocycles. The van der Waals surface area contributed by atoms with Crippen molar-refractivity contribution in [3.63, 3.8) is 0 Å². The van der Waals surface area contributed by atoms with Gasteiger partial charge in [-0.15, -0.1) is 11.8 Å². The quantitative estimate of drug-likeness (QED) is 0.634. The van der Waals surface area contributed by atoms with Gasteiger partial charge in [0.2, 0.25) is 11.9 Å². The number of para-hydroxylation sites is 2. The Labute approximate surface area is 157 Å². The van der Waals surface area contributed by atoms with Crippen LogP contribution in [-0.4, -0.2) is 22.1 Å². The van der Waals surface area contributed by atoms with Gasteiger partial charge in [0.25, 0.3) is 0 Å². The number of aromatic nitrogens is 3. The van der Waals surface area contributed by atoms with Crippen LogP contribution in [0.5, 0.6) is 5.75 Å². The molecule has 0 saturated heterocycles. The number of rotatable bonds is 6. The highest BCUT2D eigenvalue weighted by atomic mass is 32.2. The summed E-state index contributed by atoms with van der Waals surface area (Å²) >= 11 is 1.68. The molecule has 0 amide bonds. The van der Waals surface area contributed by atoms with E-state index < -0.39 is 0 Å². The van der Waals surface area contributed by atoms with Gasteiger partial charge in [0.1, 0.15) is 11.6 Å². The lowest BCUT2D eigenvalue weighted by Crippen LogP contribution is -2.07. The van der Waals surface area contributed by atoms with Crippen molar-refractivity contribution in [3.8, 4) is 5.75 Å². The van der Waals surface area contributed by atoms with Crippen LogP contribution in [0.3, 0.4) is 0 Å². The second-order valence-corrected chi connectivity index (χ2v) is 6.83. The van der Waals surface area contributed by atoms with E-state index in [0.717, 1.165) is 5.69 Å². The van der Waals surface area contributed by atoms with Crippen LogP contribution in [0.25, 0.3) is 0 Å². The molecule has 3 aromatic rings. The van der Waals surface area contributed by atoms with Gasteiger partial charge in [-0.25, -0.2) is 0 Å². The van der Waals surface area contributed by atoms with Crippen LogP contribution < -0.4 is 15.8 Å². The summed E-state index contributed by atoms with van der Waals surface area (Å²) < 4.78 is 5.34. The number of nitrogens with two attached hydrogens (primary N) is 1. The van der Waals surface area contributed by atoms with Gasteiger partial charge in [-0.05, 0) is 37.6 Å². The van der Waals surface area contributed by atoms with E-state index >= 15 is 0 Å². The van der Waals surface area contributed by atoms with E-state index in [4.69, 9.17) is 10.5 Å². The van der Waals surface area contributed by atoms with Gasteiger partial charge in [-0.3, -0.25) is 0 Å². The maximum Gasteiger partial charge on any atom is 0.232 e. The summed E-state index contributed by atoms with van der Waals surface area (Å²) in [6.07, 6.45) is 0. The third-order valence-electron chi connectivity index (χ3n) is 3.74. The van der Waals surface area contributed by atoms with Crippen molar-refractivity contribution in [3.05, 3.63) is 59.4 Å². The summed E-state index contributed by atoms with van der Waals surface area (Å²) in [7, 11) is 1.62. The smallest absolute Gasteiger partial charge is 0.232 e. The van der Waals surface area contributed by atoms with E-state index in [2.05, 4.69) is 52.3 Å². The summed E-state index contributed by atoms with van der Waals surface area (Å²) in [5.41, 5.74) is 9.12. The Bertz CT molecular complexity index is 916. The average Bonchev–Trinajstić information content (AvgIpc) is 2.61. The van der Waals surface area contributed by atoms with Crippen LogP contribution in [-0.2, 0) is 5.75 Å². The number of nitrogens with zero attached hydrogens (tertiary/aromatic N) is 3. The minimum atomic E-state index is 0.189. The van der Waals surface area contributed by atoms with E-state index in [1.54, 1.807) is 18.9 Å². The number of methoxy groups -OCH3 is 1. The Hall–Kier alpha value is -2.80. The highest BCUT2D eigenvalue weighted by molar-refractivity contribution is 7.98. The minimum Gasteiger partial charge on any atom is -0.495 e. The maximum absolute atomic E-state index is 5.86. The van der Waals surface area contributed by atoms with Gasteiger partial charge in [0, 0.05) is 4.90 Å². The molecule has 134 valence electrons. The van der Waals surface area contributed by atoms with Crippen molar-refractivity contribution in [2.75, 3.05) is 18.2 Å². The Morgan fingerprint density at radius 2 is 1.88 bits per heavy atom. The molecule has 0 atom stereocenters. The van der Waals surface area contributed by atoms with Crippen molar-refractivity contribution >= 4 is 29.3 Å². The third-order valence-corrected chi connectivity index (χ3v) is 4.91. The molecule has 7 heteroatoms. The normalized spacial score (nSPS) is 10.6. The molecule has 0 aliphatic rings. The minimum absolute atomic E-state index is 0.189. The molecule has 1 aromatic heterocycles. The van der Waals surface area contributed by atoms with Crippen LogP contribution in [0.4, 0.5) is 17.6 Å². The van der Waals surface area contributed by atoms with Crippen molar-refractivity contribution in [2.24, 2.45) is 0 Å². The predicted molar refractivity (Wildman–Crippen MR) is 106 cm³/mol. The predicted octanol–water partition coefficient (Wildman–Crippen LogP) is 4.12. The fourth-order valence-corrected chi connectivity index (χ4v) is 3.39. The Balaban J connectivity index is 1.77. The van der Waals surface area contributed by atoms with Crippen molar-refractivity contribution in [1.29, 1.82) is 0 Å². The fraction of sp³-hybridized carbons (Fsp3) is 0.211. The van der Waals surface area contributed by atoms with Gasteiger partial charge < -0.3 is 15.8 Å². The molecule has 0 unspecified atom stereocenters. The molecule has 1 heterocycles. The number of ether oxygens (including phenoxy) is 1. The molecule has 26 heavy (non-hydrogen) atoms. The summed E-state index contributed by atoms with van der Waals surface area (Å²) in [6.45, 7) is 4.19. The summed E-state index contributed by atoms with van der Waals surface area (Å²) in [5.74, 6) is 2.53. The van der Waals surface area contributed by atoms with Crippen LogP contribution in [0.1, 0.15) is 17.0 Å². The van der Waals surface area contributed by atoms with Crippen molar-refractivity contribution in [1.82, 2.24) is 15.0 Å². The first-order chi connectivity index (χ1) is 12.5. The topological polar surface area (TPSA) is 86.0 Å². The van der Waals surface area contributed by atoms with Crippen molar-refractivity contribution < 1.29 is 4.74 Å². The molecule has 3 rings (SSSR count). The van der Waals surface area contributed by atoms with Crippen LogP contribution in [0.15, 0.2) is 47.4 Å². The summed E-state index contributed by atoms with van der Waals surface area (Å²) in [6, 6.07) is 14.0. The highest BCUT2D eigenvalue weighted by Gasteiger charge is 2.09.